The van der Waals surface area contributed by atoms with E-state index in [4.69, 9.17) is 14.2 Å². The summed E-state index contributed by atoms with van der Waals surface area (Å²) in [6, 6.07) is 16.4. The van der Waals surface area contributed by atoms with Crippen molar-refractivity contribution in [2.45, 2.75) is 31.8 Å². The van der Waals surface area contributed by atoms with E-state index in [1.54, 1.807) is 18.4 Å². The number of nitrogens with zero attached hydrogens (tertiary/aromatic N) is 4. The van der Waals surface area contributed by atoms with Gasteiger partial charge in [0.1, 0.15) is 10.8 Å². The van der Waals surface area contributed by atoms with Crippen molar-refractivity contribution in [2.75, 3.05) is 13.7 Å². The Labute approximate surface area is 173 Å². The number of likely N-dealkylation sites (tertiary alicyclic amines) is 1. The van der Waals surface area contributed by atoms with E-state index in [2.05, 4.69) is 33.2 Å². The number of hydrogen-bond acceptors (Lipinski definition) is 7. The molecule has 1 saturated heterocycles. The maximum atomic E-state index is 5.59. The van der Waals surface area contributed by atoms with Gasteiger partial charge in [0.15, 0.2) is 0 Å². The maximum Gasteiger partial charge on any atom is 0.241 e. The van der Waals surface area contributed by atoms with E-state index in [1.807, 2.05) is 30.3 Å². The molecule has 4 aromatic rings. The minimum Gasteiger partial charge on any atom is -0.496 e. The van der Waals surface area contributed by atoms with Crippen LogP contribution in [0.1, 0.15) is 36.2 Å². The van der Waals surface area contributed by atoms with Gasteiger partial charge in [0.2, 0.25) is 11.7 Å². The zero-order chi connectivity index (χ0) is 19.6. The Morgan fingerprint density at radius 2 is 1.97 bits per heavy atom. The summed E-state index contributed by atoms with van der Waals surface area (Å²) in [6.45, 7) is 1.63. The van der Waals surface area contributed by atoms with Crippen LogP contribution < -0.4 is 4.74 Å². The Bertz CT molecular complexity index is 1090. The third-order valence-corrected chi connectivity index (χ3v) is 6.50. The molecule has 2 aromatic heterocycles. The highest BCUT2D eigenvalue weighted by Gasteiger charge is 2.28. The standard InChI is InChI=1S/C22H22N4O2S/c1-27-18-11-4-2-8-15(18)21-24-20(28-25-21)14-26-13-7-6-10-17(26)22-23-16-9-3-5-12-19(16)29-22/h2-5,8-9,11-12,17H,6-7,10,13-14H2,1H3. The summed E-state index contributed by atoms with van der Waals surface area (Å²) in [5.41, 5.74) is 1.92. The highest BCUT2D eigenvalue weighted by Crippen LogP contribution is 2.36. The third-order valence-electron chi connectivity index (χ3n) is 5.36. The molecule has 1 aliphatic rings. The number of piperidine rings is 1. The average molecular weight is 407 g/mol. The van der Waals surface area contributed by atoms with Crippen molar-refractivity contribution in [3.63, 3.8) is 0 Å². The van der Waals surface area contributed by atoms with Gasteiger partial charge in [-0.25, -0.2) is 4.98 Å². The van der Waals surface area contributed by atoms with Gasteiger partial charge in [-0.15, -0.1) is 11.3 Å². The first-order valence-corrected chi connectivity index (χ1v) is 10.7. The van der Waals surface area contributed by atoms with Gasteiger partial charge in [-0.05, 0) is 43.7 Å². The molecule has 1 unspecified atom stereocenters. The van der Waals surface area contributed by atoms with Crippen LogP contribution >= 0.6 is 11.3 Å². The van der Waals surface area contributed by atoms with Crippen molar-refractivity contribution in [3.8, 4) is 17.1 Å². The lowest BCUT2D eigenvalue weighted by Crippen LogP contribution is -2.33. The van der Waals surface area contributed by atoms with E-state index in [-0.39, 0.29) is 0 Å². The quantitative estimate of drug-likeness (QED) is 0.460. The van der Waals surface area contributed by atoms with Crippen LogP contribution in [0.15, 0.2) is 53.1 Å². The predicted octanol–water partition coefficient (Wildman–Crippen LogP) is 5.08. The predicted molar refractivity (Wildman–Crippen MR) is 113 cm³/mol. The number of aromatic nitrogens is 3. The summed E-state index contributed by atoms with van der Waals surface area (Å²) in [7, 11) is 1.65. The molecule has 1 atom stereocenters. The highest BCUT2D eigenvalue weighted by molar-refractivity contribution is 7.18. The molecule has 0 bridgehead atoms. The second kappa shape index (κ2) is 7.93. The van der Waals surface area contributed by atoms with Gasteiger partial charge in [0.25, 0.3) is 0 Å². The largest absolute Gasteiger partial charge is 0.496 e. The zero-order valence-corrected chi connectivity index (χ0v) is 17.1. The van der Waals surface area contributed by atoms with Crippen molar-refractivity contribution in [1.82, 2.24) is 20.0 Å². The monoisotopic (exact) mass is 406 g/mol. The molecule has 0 radical (unpaired) electrons. The Hall–Kier alpha value is -2.77. The molecule has 3 heterocycles. The second-order valence-electron chi connectivity index (χ2n) is 7.21. The van der Waals surface area contributed by atoms with Gasteiger partial charge in [-0.1, -0.05) is 35.8 Å². The fourth-order valence-electron chi connectivity index (χ4n) is 3.92. The summed E-state index contributed by atoms with van der Waals surface area (Å²) in [6.07, 6.45) is 3.50. The van der Waals surface area contributed by atoms with Crippen LogP contribution in [0.3, 0.4) is 0 Å². The van der Waals surface area contributed by atoms with Crippen LogP contribution in [0.2, 0.25) is 0 Å². The molecular weight excluding hydrogens is 384 g/mol. The topological polar surface area (TPSA) is 64.3 Å². The SMILES string of the molecule is COc1ccccc1-c1noc(CN2CCCCC2c2nc3ccccc3s2)n1. The number of benzene rings is 2. The molecule has 0 saturated carbocycles. The first-order valence-electron chi connectivity index (χ1n) is 9.87. The van der Waals surface area contributed by atoms with Crippen LogP contribution in [-0.4, -0.2) is 33.7 Å². The molecule has 2 aromatic carbocycles. The average Bonchev–Trinajstić information content (AvgIpc) is 3.41. The summed E-state index contributed by atoms with van der Waals surface area (Å²) in [4.78, 5) is 12.0. The van der Waals surface area contributed by atoms with Crippen LogP contribution in [0, 0.1) is 0 Å². The Morgan fingerprint density at radius 3 is 2.86 bits per heavy atom. The van der Waals surface area contributed by atoms with Gasteiger partial charge in [0.05, 0.1) is 35.5 Å². The number of ether oxygens (including phenoxy) is 1. The van der Waals surface area contributed by atoms with Gasteiger partial charge >= 0.3 is 0 Å². The molecule has 148 valence electrons. The summed E-state index contributed by atoms with van der Waals surface area (Å²) >= 11 is 1.79. The molecule has 6 nitrogen and oxygen atoms in total. The highest BCUT2D eigenvalue weighted by atomic mass is 32.1. The van der Waals surface area contributed by atoms with Gasteiger partial charge < -0.3 is 9.26 Å². The molecular formula is C22H22N4O2S. The van der Waals surface area contributed by atoms with E-state index in [1.165, 1.54) is 22.5 Å². The van der Waals surface area contributed by atoms with Crippen LogP contribution in [0.4, 0.5) is 0 Å². The van der Waals surface area contributed by atoms with E-state index >= 15 is 0 Å². The van der Waals surface area contributed by atoms with Crippen LogP contribution in [0.25, 0.3) is 21.6 Å². The molecule has 1 fully saturated rings. The fraction of sp³-hybridized carbons (Fsp3) is 0.318. The molecule has 5 rings (SSSR count). The smallest absolute Gasteiger partial charge is 0.241 e. The minimum absolute atomic E-state index is 0.294. The molecule has 0 N–H and O–H groups in total. The minimum atomic E-state index is 0.294. The molecule has 1 aliphatic heterocycles. The lowest BCUT2D eigenvalue weighted by atomic mass is 10.0. The van der Waals surface area contributed by atoms with Crippen molar-refractivity contribution in [3.05, 3.63) is 59.4 Å². The molecule has 0 amide bonds. The zero-order valence-electron chi connectivity index (χ0n) is 16.2. The number of methoxy groups -OCH3 is 1. The Balaban J connectivity index is 1.39. The maximum absolute atomic E-state index is 5.59. The number of thiazole rings is 1. The number of fused-ring (bicyclic) bond motifs is 1. The lowest BCUT2D eigenvalue weighted by Gasteiger charge is -2.33. The molecule has 7 heteroatoms. The normalized spacial score (nSPS) is 17.6. The molecule has 0 aliphatic carbocycles. The van der Waals surface area contributed by atoms with E-state index < -0.39 is 0 Å². The van der Waals surface area contributed by atoms with E-state index in [0.717, 1.165) is 29.8 Å². The number of para-hydroxylation sites is 2. The summed E-state index contributed by atoms with van der Waals surface area (Å²) in [5.74, 6) is 1.93. The van der Waals surface area contributed by atoms with Crippen LogP contribution in [0.5, 0.6) is 5.75 Å². The molecule has 29 heavy (non-hydrogen) atoms. The van der Waals surface area contributed by atoms with Crippen molar-refractivity contribution in [2.24, 2.45) is 0 Å². The third kappa shape index (κ3) is 3.63. The first kappa shape index (κ1) is 18.3. The Morgan fingerprint density at radius 1 is 1.10 bits per heavy atom. The summed E-state index contributed by atoms with van der Waals surface area (Å²) in [5, 5.41) is 5.36. The van der Waals surface area contributed by atoms with E-state index in [0.29, 0.717) is 24.3 Å². The Kier molecular flexibility index (Phi) is 4.99. The van der Waals surface area contributed by atoms with Gasteiger partial charge in [0, 0.05) is 0 Å². The second-order valence-corrected chi connectivity index (χ2v) is 8.28. The number of hydrogen-bond donors (Lipinski definition) is 0. The first-order chi connectivity index (χ1) is 14.3. The summed E-state index contributed by atoms with van der Waals surface area (Å²) < 4.78 is 12.3. The van der Waals surface area contributed by atoms with Crippen molar-refractivity contribution < 1.29 is 9.26 Å². The molecule has 0 spiro atoms. The van der Waals surface area contributed by atoms with Gasteiger partial charge in [-0.2, -0.15) is 4.98 Å². The van der Waals surface area contributed by atoms with E-state index in [9.17, 15) is 0 Å². The number of rotatable bonds is 5. The fourth-order valence-corrected chi connectivity index (χ4v) is 5.06. The van der Waals surface area contributed by atoms with Crippen LogP contribution in [-0.2, 0) is 6.54 Å². The van der Waals surface area contributed by atoms with Crippen molar-refractivity contribution >= 4 is 21.6 Å². The lowest BCUT2D eigenvalue weighted by molar-refractivity contribution is 0.124. The van der Waals surface area contributed by atoms with Crippen molar-refractivity contribution in [1.29, 1.82) is 0 Å². The van der Waals surface area contributed by atoms with Gasteiger partial charge in [-0.3, -0.25) is 4.90 Å².